The molecule has 24 rings (SSSR count). The standard InChI is InChI=1S/2C32H24O2S.2C31H22O2S/c1-20(2)32(33)34-27-14-8-5-10-22(27)15-16-24-19-23-11-4-7-13-26(23)30-29-25-12-6-3-9-21(25)17-18-28(29)35-31(24)30;1-20(2)32(33)34-25-11-7-8-21(18-25)14-15-24-19-23-10-4-6-13-27(23)30-29-26-12-5-3-9-22(26)16-17-28(29)35-31(24)30;1-2-28(32)33-26-14-8-5-10-21(26)15-16-23-19-22-11-4-7-13-25(22)30-29-24-12-6-3-9-20(24)17-18-27(29)34-31(23)30;1-2-28(32)33-24-11-7-8-20(18-24)14-15-23-19-22-10-4-6-13-26(22)30-29-25-12-5-3-9-21(25)16-17-27(29)34-31(23)30/h3-14,17-19H,1,15-16H2,2H3;3-13,16-19H,1,14-15H2,2H3;2-14,17-19H,1,15-16H2;2-13,16-19H,1,14-15H2. The summed E-state index contributed by atoms with van der Waals surface area (Å²) in [4.78, 5) is 47.5. The molecule has 0 bridgehead atoms. The maximum Gasteiger partial charge on any atom is 0.338 e. The number of fused-ring (bicyclic) bond motifs is 28. The third-order valence-electron chi connectivity index (χ3n) is 26.0. The average Bonchev–Trinajstić information content (AvgIpc) is 1.61. The molecule has 0 amide bonds. The molecule has 0 atom stereocenters. The van der Waals surface area contributed by atoms with Crippen molar-refractivity contribution < 1.29 is 38.1 Å². The van der Waals surface area contributed by atoms with Gasteiger partial charge in [-0.2, -0.15) is 0 Å². The monoisotopic (exact) mass is 1860 g/mol. The predicted octanol–water partition coefficient (Wildman–Crippen LogP) is 33.7. The highest BCUT2D eigenvalue weighted by atomic mass is 32.1. The summed E-state index contributed by atoms with van der Waals surface area (Å²) in [6, 6.07) is 128. The molecule has 24 aromatic rings. The molecule has 668 valence electrons. The van der Waals surface area contributed by atoms with Gasteiger partial charge in [0.2, 0.25) is 0 Å². The van der Waals surface area contributed by atoms with Gasteiger partial charge in [-0.25, -0.2) is 19.2 Å². The normalized spacial score (nSPS) is 11.4. The zero-order valence-electron chi connectivity index (χ0n) is 76.2. The fourth-order valence-electron chi connectivity index (χ4n) is 19.5. The Morgan fingerprint density at radius 1 is 0.239 bits per heavy atom. The van der Waals surface area contributed by atoms with Crippen molar-refractivity contribution in [2.75, 3.05) is 0 Å². The molecular weight excluding hydrogens is 1770 g/mol. The number of carbonyl (C=O) groups excluding carboxylic acids is 4. The zero-order valence-corrected chi connectivity index (χ0v) is 79.4. The lowest BCUT2D eigenvalue weighted by atomic mass is 9.95. The van der Waals surface area contributed by atoms with Gasteiger partial charge in [-0.15, -0.1) is 45.3 Å². The molecule has 0 fully saturated rings. The quantitative estimate of drug-likeness (QED) is 0.0422. The number of thiophene rings is 4. The molecule has 4 heterocycles. The molecule has 8 nitrogen and oxygen atoms in total. The van der Waals surface area contributed by atoms with E-state index in [1.165, 1.54) is 201 Å². The van der Waals surface area contributed by atoms with Gasteiger partial charge in [0.05, 0.1) is 0 Å². The van der Waals surface area contributed by atoms with E-state index in [4.69, 9.17) is 18.9 Å². The Labute approximate surface area is 814 Å². The summed E-state index contributed by atoms with van der Waals surface area (Å²) in [6.07, 6.45) is 9.19. The van der Waals surface area contributed by atoms with E-state index in [-0.39, 0.29) is 5.97 Å². The van der Waals surface area contributed by atoms with Gasteiger partial charge in [0.15, 0.2) is 0 Å². The third kappa shape index (κ3) is 17.7. The second-order valence-electron chi connectivity index (χ2n) is 35.0. The second kappa shape index (κ2) is 38.9. The number of benzene rings is 20. The summed E-state index contributed by atoms with van der Waals surface area (Å²) >= 11 is 7.52. The summed E-state index contributed by atoms with van der Waals surface area (Å²) in [5.74, 6) is 0.680. The number of rotatable bonds is 20. The summed E-state index contributed by atoms with van der Waals surface area (Å²) < 4.78 is 32.5. The van der Waals surface area contributed by atoms with E-state index in [1.54, 1.807) is 19.9 Å². The van der Waals surface area contributed by atoms with E-state index in [9.17, 15) is 19.2 Å². The molecule has 4 aromatic heterocycles. The van der Waals surface area contributed by atoms with Gasteiger partial charge in [0.1, 0.15) is 23.0 Å². The number of hydrogen-bond acceptors (Lipinski definition) is 12. The van der Waals surface area contributed by atoms with Crippen LogP contribution >= 0.6 is 45.3 Å². The van der Waals surface area contributed by atoms with Crippen molar-refractivity contribution in [1.29, 1.82) is 0 Å². The molecule has 0 saturated heterocycles. The van der Waals surface area contributed by atoms with Crippen LogP contribution in [0.15, 0.2) is 414 Å². The van der Waals surface area contributed by atoms with Crippen LogP contribution in [-0.4, -0.2) is 23.9 Å². The number of para-hydroxylation sites is 2. The first-order valence-electron chi connectivity index (χ1n) is 46.4. The Bertz CT molecular complexity index is 9090. The molecule has 0 aliphatic rings. The van der Waals surface area contributed by atoms with Crippen LogP contribution in [-0.2, 0) is 70.5 Å². The Morgan fingerprint density at radius 3 is 0.812 bits per heavy atom. The number of hydrogen-bond donors (Lipinski definition) is 0. The molecule has 0 aliphatic heterocycles. The van der Waals surface area contributed by atoms with Crippen LogP contribution in [0.4, 0.5) is 0 Å². The number of ether oxygens (including phenoxy) is 4. The fraction of sp³-hybridized carbons (Fsp3) is 0.0794. The van der Waals surface area contributed by atoms with Gasteiger partial charge in [-0.05, 0) is 281 Å². The Hall–Kier alpha value is -15.8. The molecule has 138 heavy (non-hydrogen) atoms. The summed E-state index contributed by atoms with van der Waals surface area (Å²) in [5.41, 5.74) is 10.5. The third-order valence-corrected chi connectivity index (χ3v) is 31.0. The Morgan fingerprint density at radius 2 is 0.493 bits per heavy atom. The van der Waals surface area contributed by atoms with Crippen LogP contribution in [0.25, 0.3) is 167 Å². The van der Waals surface area contributed by atoms with E-state index in [1.807, 2.05) is 124 Å². The van der Waals surface area contributed by atoms with Crippen molar-refractivity contribution in [3.63, 3.8) is 0 Å². The highest BCUT2D eigenvalue weighted by molar-refractivity contribution is 7.27. The minimum Gasteiger partial charge on any atom is -0.423 e. The Balaban J connectivity index is 0.000000110. The zero-order chi connectivity index (χ0) is 94.0. The van der Waals surface area contributed by atoms with Gasteiger partial charge < -0.3 is 18.9 Å². The van der Waals surface area contributed by atoms with Gasteiger partial charge in [0.25, 0.3) is 0 Å². The first-order chi connectivity index (χ1) is 67.6. The lowest BCUT2D eigenvalue weighted by Gasteiger charge is -2.12. The molecule has 0 N–H and O–H groups in total. The summed E-state index contributed by atoms with van der Waals surface area (Å²) in [5, 5.41) is 31.4. The first-order valence-corrected chi connectivity index (χ1v) is 49.6. The molecule has 0 aliphatic carbocycles. The topological polar surface area (TPSA) is 105 Å². The molecule has 0 radical (unpaired) electrons. The highest BCUT2D eigenvalue weighted by Crippen LogP contribution is 2.50. The average molecular weight is 1860 g/mol. The van der Waals surface area contributed by atoms with E-state index >= 15 is 0 Å². The molecule has 0 unspecified atom stereocenters. The predicted molar refractivity (Wildman–Crippen MR) is 585 cm³/mol. The van der Waals surface area contributed by atoms with Crippen molar-refractivity contribution in [1.82, 2.24) is 0 Å². The number of carbonyl (C=O) groups is 4. The van der Waals surface area contributed by atoms with Crippen molar-refractivity contribution in [3.05, 3.63) is 458 Å². The maximum absolute atomic E-state index is 12.1. The lowest BCUT2D eigenvalue weighted by Crippen LogP contribution is -2.10. The molecule has 0 spiro atoms. The smallest absolute Gasteiger partial charge is 0.338 e. The lowest BCUT2D eigenvalue weighted by molar-refractivity contribution is -0.131. The maximum atomic E-state index is 12.1. The molecule has 12 heteroatoms. The van der Waals surface area contributed by atoms with Crippen molar-refractivity contribution in [3.8, 4) is 23.0 Å². The molecular formula is C126H92O8S4. The minimum atomic E-state index is -0.439. The van der Waals surface area contributed by atoms with E-state index < -0.39 is 17.9 Å². The van der Waals surface area contributed by atoms with Crippen LogP contribution in [0.3, 0.4) is 0 Å². The van der Waals surface area contributed by atoms with Crippen LogP contribution in [0, 0.1) is 0 Å². The fourth-order valence-corrected chi connectivity index (χ4v) is 24.6. The van der Waals surface area contributed by atoms with E-state index in [0.29, 0.717) is 34.1 Å². The second-order valence-corrected chi connectivity index (χ2v) is 39.2. The van der Waals surface area contributed by atoms with Crippen molar-refractivity contribution >= 4 is 236 Å². The van der Waals surface area contributed by atoms with Crippen molar-refractivity contribution in [2.45, 2.75) is 65.2 Å². The number of aryl methyl sites for hydroxylation is 8. The van der Waals surface area contributed by atoms with Crippen molar-refractivity contribution in [2.24, 2.45) is 0 Å². The summed E-state index contributed by atoms with van der Waals surface area (Å²) in [6.45, 7) is 17.7. The molecule has 0 saturated carbocycles. The minimum absolute atomic E-state index is 0.387. The SMILES string of the molecule is C=C(C)C(=O)Oc1cccc(CCc2cc3ccccc3c3c2sc2ccc4ccccc4c23)c1.C=C(C)C(=O)Oc1ccccc1CCc1cc2ccccc2c2c1sc1ccc3ccccc3c12.C=CC(=O)Oc1cccc(CCc2cc3ccccc3c3c2sc2ccc4ccccc4c23)c1.C=CC(=O)Oc1ccccc1CCc1cc2ccccc2c2c1sc1ccc3ccccc3c12. The van der Waals surface area contributed by atoms with Gasteiger partial charge in [-0.3, -0.25) is 0 Å². The van der Waals surface area contributed by atoms with E-state index in [2.05, 4.69) is 305 Å². The van der Waals surface area contributed by atoms with Crippen LogP contribution in [0.5, 0.6) is 23.0 Å². The number of esters is 4. The van der Waals surface area contributed by atoms with Gasteiger partial charge in [0, 0.05) is 104 Å². The largest absolute Gasteiger partial charge is 0.423 e. The molecule has 20 aromatic carbocycles. The van der Waals surface area contributed by atoms with Gasteiger partial charge >= 0.3 is 23.9 Å². The van der Waals surface area contributed by atoms with Gasteiger partial charge in [-0.1, -0.05) is 305 Å². The van der Waals surface area contributed by atoms with Crippen LogP contribution in [0.2, 0.25) is 0 Å². The van der Waals surface area contributed by atoms with Crippen LogP contribution < -0.4 is 18.9 Å². The van der Waals surface area contributed by atoms with Crippen LogP contribution in [0.1, 0.15) is 58.4 Å². The van der Waals surface area contributed by atoms with E-state index in [0.717, 1.165) is 73.6 Å². The summed E-state index contributed by atoms with van der Waals surface area (Å²) in [7, 11) is 0. The highest BCUT2D eigenvalue weighted by Gasteiger charge is 2.24. The first kappa shape index (κ1) is 88.8. The Kier molecular flexibility index (Phi) is 25.0.